The minimum Gasteiger partial charge on any atom is -0.497 e. The van der Waals surface area contributed by atoms with Crippen molar-refractivity contribution in [1.29, 1.82) is 0 Å². The molecule has 1 atom stereocenters. The molecule has 4 rings (SSSR count). The van der Waals surface area contributed by atoms with Gasteiger partial charge in [-0.3, -0.25) is 0 Å². The summed E-state index contributed by atoms with van der Waals surface area (Å²) >= 11 is 0. The first-order valence-corrected chi connectivity index (χ1v) is 9.07. The van der Waals surface area contributed by atoms with E-state index in [1.54, 1.807) is 7.11 Å². The smallest absolute Gasteiger partial charge is 0.133 e. The molecule has 0 aliphatic heterocycles. The van der Waals surface area contributed by atoms with Crippen molar-refractivity contribution in [3.8, 4) is 5.75 Å². The van der Waals surface area contributed by atoms with Crippen LogP contribution in [0.1, 0.15) is 55.0 Å². The van der Waals surface area contributed by atoms with E-state index in [2.05, 4.69) is 28.5 Å². The van der Waals surface area contributed by atoms with Gasteiger partial charge in [0.1, 0.15) is 17.4 Å². The third-order valence-corrected chi connectivity index (χ3v) is 5.37. The van der Waals surface area contributed by atoms with Crippen LogP contribution in [0.4, 0.5) is 5.82 Å². The molecule has 1 heterocycles. The van der Waals surface area contributed by atoms with Gasteiger partial charge in [-0.25, -0.2) is 9.97 Å². The second-order valence-electron chi connectivity index (χ2n) is 7.00. The predicted octanol–water partition coefficient (Wildman–Crippen LogP) is 4.11. The zero-order valence-corrected chi connectivity index (χ0v) is 14.3. The number of anilines is 1. The van der Waals surface area contributed by atoms with Crippen molar-refractivity contribution in [3.05, 3.63) is 47.4 Å². The predicted molar refractivity (Wildman–Crippen MR) is 95.7 cm³/mol. The molecule has 1 unspecified atom stereocenters. The Bertz CT molecular complexity index is 712. The molecule has 4 nitrogen and oxygen atoms in total. The number of fused-ring (bicyclic) bond motifs is 1. The monoisotopic (exact) mass is 323 g/mol. The van der Waals surface area contributed by atoms with E-state index in [4.69, 9.17) is 9.72 Å². The van der Waals surface area contributed by atoms with E-state index in [9.17, 15) is 0 Å². The summed E-state index contributed by atoms with van der Waals surface area (Å²) in [5.74, 6) is 3.51. The van der Waals surface area contributed by atoms with E-state index in [1.165, 1.54) is 43.2 Å². The third-order valence-electron chi connectivity index (χ3n) is 5.37. The van der Waals surface area contributed by atoms with E-state index in [1.807, 2.05) is 12.3 Å². The summed E-state index contributed by atoms with van der Waals surface area (Å²) in [4.78, 5) is 9.23. The molecule has 4 heteroatoms. The third kappa shape index (κ3) is 3.23. The number of hydrogen-bond donors (Lipinski definition) is 1. The summed E-state index contributed by atoms with van der Waals surface area (Å²) in [6, 6.07) is 8.90. The van der Waals surface area contributed by atoms with Crippen LogP contribution in [-0.4, -0.2) is 23.1 Å². The van der Waals surface area contributed by atoms with Crippen molar-refractivity contribution in [3.63, 3.8) is 0 Å². The fourth-order valence-electron chi connectivity index (χ4n) is 3.72. The standard InChI is InChI=1S/C20H25N3O/c1-24-18-9-8-14-4-3-7-17(12-16(14)13-18)22-19-10-11-21-20(23-19)15-5-2-6-15/h8-11,13,15,17H,2-7,12H2,1H3,(H,21,22,23). The SMILES string of the molecule is COc1ccc2c(c1)CC(Nc1ccnc(C3CCC3)n1)CCC2. The molecule has 2 aliphatic carbocycles. The molecule has 1 aromatic heterocycles. The molecule has 0 radical (unpaired) electrons. The van der Waals surface area contributed by atoms with E-state index in [0.29, 0.717) is 12.0 Å². The number of ether oxygens (including phenoxy) is 1. The van der Waals surface area contributed by atoms with Crippen molar-refractivity contribution >= 4 is 5.82 Å². The number of aryl methyl sites for hydroxylation is 1. The number of rotatable bonds is 4. The van der Waals surface area contributed by atoms with Crippen molar-refractivity contribution in [2.45, 2.75) is 56.9 Å². The van der Waals surface area contributed by atoms with Gasteiger partial charge in [0.15, 0.2) is 0 Å². The Morgan fingerprint density at radius 1 is 1.08 bits per heavy atom. The second kappa shape index (κ2) is 6.80. The summed E-state index contributed by atoms with van der Waals surface area (Å²) in [5.41, 5.74) is 2.86. The van der Waals surface area contributed by atoms with Gasteiger partial charge in [-0.1, -0.05) is 12.5 Å². The lowest BCUT2D eigenvalue weighted by atomic mass is 9.85. The maximum atomic E-state index is 5.39. The highest BCUT2D eigenvalue weighted by atomic mass is 16.5. The van der Waals surface area contributed by atoms with Gasteiger partial charge in [0.2, 0.25) is 0 Å². The van der Waals surface area contributed by atoms with E-state index >= 15 is 0 Å². The molecule has 1 fully saturated rings. The van der Waals surface area contributed by atoms with Crippen LogP contribution in [0.3, 0.4) is 0 Å². The molecule has 126 valence electrons. The van der Waals surface area contributed by atoms with Gasteiger partial charge >= 0.3 is 0 Å². The maximum absolute atomic E-state index is 5.39. The molecule has 0 spiro atoms. The molecule has 2 aromatic rings. The number of nitrogens with one attached hydrogen (secondary N) is 1. The number of hydrogen-bond acceptors (Lipinski definition) is 4. The first-order valence-electron chi connectivity index (χ1n) is 9.07. The summed E-state index contributed by atoms with van der Waals surface area (Å²) in [7, 11) is 1.73. The second-order valence-corrected chi connectivity index (χ2v) is 7.00. The summed E-state index contributed by atoms with van der Waals surface area (Å²) in [6.45, 7) is 0. The highest BCUT2D eigenvalue weighted by Gasteiger charge is 2.23. The van der Waals surface area contributed by atoms with Crippen LogP contribution >= 0.6 is 0 Å². The Labute approximate surface area is 143 Å². The van der Waals surface area contributed by atoms with Crippen LogP contribution in [0.5, 0.6) is 5.75 Å². The minimum absolute atomic E-state index is 0.419. The Kier molecular flexibility index (Phi) is 4.37. The fourth-order valence-corrected chi connectivity index (χ4v) is 3.72. The normalized spacial score (nSPS) is 20.6. The van der Waals surface area contributed by atoms with E-state index in [-0.39, 0.29) is 0 Å². The molecule has 1 N–H and O–H groups in total. The van der Waals surface area contributed by atoms with Crippen LogP contribution in [0, 0.1) is 0 Å². The summed E-state index contributed by atoms with van der Waals surface area (Å²) in [6.07, 6.45) is 10.2. The lowest BCUT2D eigenvalue weighted by Crippen LogP contribution is -2.23. The van der Waals surface area contributed by atoms with E-state index < -0.39 is 0 Å². The highest BCUT2D eigenvalue weighted by Crippen LogP contribution is 2.34. The van der Waals surface area contributed by atoms with Crippen LogP contribution in [0.15, 0.2) is 30.5 Å². The lowest BCUT2D eigenvalue weighted by molar-refractivity contribution is 0.401. The first-order chi connectivity index (χ1) is 11.8. The van der Waals surface area contributed by atoms with Gasteiger partial charge in [-0.2, -0.15) is 0 Å². The zero-order valence-electron chi connectivity index (χ0n) is 14.3. The Morgan fingerprint density at radius 2 is 2.00 bits per heavy atom. The van der Waals surface area contributed by atoms with Crippen LogP contribution in [0.2, 0.25) is 0 Å². The van der Waals surface area contributed by atoms with Crippen LogP contribution < -0.4 is 10.1 Å². The highest BCUT2D eigenvalue weighted by molar-refractivity contribution is 5.40. The Balaban J connectivity index is 1.50. The van der Waals surface area contributed by atoms with Crippen molar-refractivity contribution in [1.82, 2.24) is 9.97 Å². The molecule has 1 aromatic carbocycles. The maximum Gasteiger partial charge on any atom is 0.133 e. The topological polar surface area (TPSA) is 47.0 Å². The molecule has 0 saturated heterocycles. The number of benzene rings is 1. The van der Waals surface area contributed by atoms with Crippen molar-refractivity contribution in [2.75, 3.05) is 12.4 Å². The van der Waals surface area contributed by atoms with Crippen molar-refractivity contribution < 1.29 is 4.74 Å². The minimum atomic E-state index is 0.419. The average molecular weight is 323 g/mol. The number of aromatic nitrogens is 2. The summed E-state index contributed by atoms with van der Waals surface area (Å²) < 4.78 is 5.39. The molecule has 0 bridgehead atoms. The van der Waals surface area contributed by atoms with Crippen molar-refractivity contribution in [2.24, 2.45) is 0 Å². The fraction of sp³-hybridized carbons (Fsp3) is 0.500. The van der Waals surface area contributed by atoms with Gasteiger partial charge in [0.05, 0.1) is 7.11 Å². The van der Waals surface area contributed by atoms with Gasteiger partial charge < -0.3 is 10.1 Å². The summed E-state index contributed by atoms with van der Waals surface area (Å²) in [5, 5.41) is 3.65. The molecule has 0 amide bonds. The molecular weight excluding hydrogens is 298 g/mol. The van der Waals surface area contributed by atoms with Gasteiger partial charge in [-0.05, 0) is 67.9 Å². The number of nitrogens with zero attached hydrogens (tertiary/aromatic N) is 2. The first kappa shape index (κ1) is 15.4. The van der Waals surface area contributed by atoms with Gasteiger partial charge in [0, 0.05) is 18.2 Å². The molecule has 2 aliphatic rings. The number of methoxy groups -OCH3 is 1. The quantitative estimate of drug-likeness (QED) is 0.860. The molecular formula is C20H25N3O. The van der Waals surface area contributed by atoms with Gasteiger partial charge in [0.25, 0.3) is 0 Å². The van der Waals surface area contributed by atoms with Crippen LogP contribution in [-0.2, 0) is 12.8 Å². The zero-order chi connectivity index (χ0) is 16.4. The Hall–Kier alpha value is -2.10. The van der Waals surface area contributed by atoms with E-state index in [0.717, 1.165) is 30.2 Å². The average Bonchev–Trinajstić information content (AvgIpc) is 2.74. The van der Waals surface area contributed by atoms with Crippen LogP contribution in [0.25, 0.3) is 0 Å². The molecule has 24 heavy (non-hydrogen) atoms. The lowest BCUT2D eigenvalue weighted by Gasteiger charge is -2.24. The largest absolute Gasteiger partial charge is 0.497 e. The Morgan fingerprint density at radius 3 is 2.79 bits per heavy atom. The molecule has 1 saturated carbocycles. The van der Waals surface area contributed by atoms with Gasteiger partial charge in [-0.15, -0.1) is 0 Å².